The summed E-state index contributed by atoms with van der Waals surface area (Å²) in [6.45, 7) is 2.85. The van der Waals surface area contributed by atoms with Gasteiger partial charge in [-0.25, -0.2) is 5.01 Å². The van der Waals surface area contributed by atoms with Crippen molar-refractivity contribution in [2.24, 2.45) is 5.10 Å². The van der Waals surface area contributed by atoms with E-state index in [1.165, 1.54) is 5.01 Å². The van der Waals surface area contributed by atoms with Crippen LogP contribution in [-0.4, -0.2) is 46.1 Å². The third kappa shape index (κ3) is 7.36. The highest BCUT2D eigenvalue weighted by Gasteiger charge is 2.26. The molecule has 0 saturated carbocycles. The lowest BCUT2D eigenvalue weighted by Crippen LogP contribution is -2.39. The molecule has 1 unspecified atom stereocenters. The fourth-order valence-corrected chi connectivity index (χ4v) is 4.19. The second-order valence-electron chi connectivity index (χ2n) is 8.98. The molecule has 3 aromatic rings. The van der Waals surface area contributed by atoms with Gasteiger partial charge in [-0.05, 0) is 23.6 Å². The van der Waals surface area contributed by atoms with E-state index in [2.05, 4.69) is 5.10 Å². The normalized spacial score (nSPS) is 13.5. The third-order valence-electron chi connectivity index (χ3n) is 6.14. The number of hydrogen-bond acceptors (Lipinski definition) is 5. The molecule has 0 aromatic heterocycles. The predicted octanol–water partition coefficient (Wildman–Crippen LogP) is 4.56. The second-order valence-corrected chi connectivity index (χ2v) is 8.98. The molecule has 1 aliphatic rings. The smallest absolute Gasteiger partial charge is 0.307 e. The van der Waals surface area contributed by atoms with E-state index in [-0.39, 0.29) is 24.7 Å². The van der Waals surface area contributed by atoms with Gasteiger partial charge < -0.3 is 9.64 Å². The summed E-state index contributed by atoms with van der Waals surface area (Å²) in [6.07, 6.45) is -0.432. The number of benzene rings is 3. The maximum Gasteiger partial charge on any atom is 0.307 e. The molecule has 3 aromatic carbocycles. The zero-order valence-electron chi connectivity index (χ0n) is 21.0. The molecule has 7 nitrogen and oxygen atoms in total. The average molecular weight is 498 g/mol. The summed E-state index contributed by atoms with van der Waals surface area (Å²) in [5, 5.41) is 5.82. The van der Waals surface area contributed by atoms with E-state index in [0.29, 0.717) is 26.1 Å². The minimum Gasteiger partial charge on any atom is -0.453 e. The number of hydrazone groups is 1. The summed E-state index contributed by atoms with van der Waals surface area (Å²) in [4.78, 5) is 40.0. The first-order valence-electron chi connectivity index (χ1n) is 12.5. The predicted molar refractivity (Wildman–Crippen MR) is 141 cm³/mol. The van der Waals surface area contributed by atoms with Gasteiger partial charge in [0.15, 0.2) is 6.10 Å². The Balaban J connectivity index is 1.31. The first-order valence-corrected chi connectivity index (χ1v) is 12.5. The molecule has 190 valence electrons. The van der Waals surface area contributed by atoms with Crippen LogP contribution >= 0.6 is 0 Å². The second kappa shape index (κ2) is 12.6. The lowest BCUT2D eigenvalue weighted by atomic mass is 10.1. The average Bonchev–Trinajstić information content (AvgIpc) is 3.43. The van der Waals surface area contributed by atoms with E-state index in [0.717, 1.165) is 22.4 Å². The Bertz CT molecular complexity index is 1190. The molecule has 0 fully saturated rings. The van der Waals surface area contributed by atoms with E-state index in [9.17, 15) is 14.4 Å². The molecule has 0 radical (unpaired) electrons. The van der Waals surface area contributed by atoms with Gasteiger partial charge in [-0.15, -0.1) is 0 Å². The monoisotopic (exact) mass is 497 g/mol. The zero-order chi connectivity index (χ0) is 26.0. The summed E-state index contributed by atoms with van der Waals surface area (Å²) >= 11 is 0. The number of hydrogen-bond donors (Lipinski definition) is 0. The molecule has 7 heteroatoms. The quantitative estimate of drug-likeness (QED) is 0.385. The molecule has 2 amide bonds. The first-order chi connectivity index (χ1) is 18.0. The number of carbonyl (C=O) groups is 3. The summed E-state index contributed by atoms with van der Waals surface area (Å²) in [5.41, 5.74) is 3.81. The van der Waals surface area contributed by atoms with Crippen LogP contribution in [0.3, 0.4) is 0 Å². The van der Waals surface area contributed by atoms with Crippen LogP contribution in [0.4, 0.5) is 0 Å². The Morgan fingerprint density at radius 1 is 0.838 bits per heavy atom. The fourth-order valence-electron chi connectivity index (χ4n) is 4.19. The number of amides is 2. The van der Waals surface area contributed by atoms with Crippen LogP contribution in [0.15, 0.2) is 96.1 Å². The highest BCUT2D eigenvalue weighted by molar-refractivity contribution is 6.02. The van der Waals surface area contributed by atoms with Crippen molar-refractivity contribution in [2.45, 2.75) is 45.4 Å². The summed E-state index contributed by atoms with van der Waals surface area (Å²) < 4.78 is 5.44. The minimum atomic E-state index is -0.968. The topological polar surface area (TPSA) is 79.3 Å². The molecule has 0 saturated heterocycles. The van der Waals surface area contributed by atoms with E-state index < -0.39 is 12.1 Å². The summed E-state index contributed by atoms with van der Waals surface area (Å²) in [5.74, 6) is -1.11. The molecule has 1 heterocycles. The molecule has 1 atom stereocenters. The molecule has 4 rings (SSSR count). The van der Waals surface area contributed by atoms with Crippen LogP contribution in [0.1, 0.15) is 42.9 Å². The Morgan fingerprint density at radius 3 is 1.95 bits per heavy atom. The Morgan fingerprint density at radius 2 is 1.38 bits per heavy atom. The number of nitrogens with zero attached hydrogens (tertiary/aromatic N) is 3. The van der Waals surface area contributed by atoms with Gasteiger partial charge in [-0.3, -0.25) is 14.4 Å². The maximum absolute atomic E-state index is 13.3. The highest BCUT2D eigenvalue weighted by Crippen LogP contribution is 2.16. The van der Waals surface area contributed by atoms with Gasteiger partial charge in [-0.1, -0.05) is 91.0 Å². The maximum atomic E-state index is 13.3. The molecule has 0 N–H and O–H groups in total. The summed E-state index contributed by atoms with van der Waals surface area (Å²) in [7, 11) is 0. The molecule has 1 aliphatic heterocycles. The number of ether oxygens (including phenoxy) is 1. The van der Waals surface area contributed by atoms with E-state index >= 15 is 0 Å². The van der Waals surface area contributed by atoms with Crippen molar-refractivity contribution in [3.8, 4) is 0 Å². The SMILES string of the molecule is CC(OC(=O)CCC(=O)N1CCC(c2ccccc2)=N1)C(=O)N(Cc1ccccc1)Cc1ccccc1. The molecular formula is C30H31N3O4. The molecule has 0 aliphatic carbocycles. The summed E-state index contributed by atoms with van der Waals surface area (Å²) in [6, 6.07) is 29.1. The van der Waals surface area contributed by atoms with E-state index in [1.807, 2.05) is 91.0 Å². The number of carbonyl (C=O) groups excluding carboxylic acids is 3. The molecule has 0 bridgehead atoms. The lowest BCUT2D eigenvalue weighted by Gasteiger charge is -2.26. The van der Waals surface area contributed by atoms with Gasteiger partial charge in [0.1, 0.15) is 0 Å². The molecule has 0 spiro atoms. The zero-order valence-corrected chi connectivity index (χ0v) is 21.0. The van der Waals surface area contributed by atoms with Gasteiger partial charge in [0.05, 0.1) is 18.7 Å². The van der Waals surface area contributed by atoms with Crippen molar-refractivity contribution >= 4 is 23.5 Å². The third-order valence-corrected chi connectivity index (χ3v) is 6.14. The Hall–Kier alpha value is -4.26. The largest absolute Gasteiger partial charge is 0.453 e. The number of esters is 1. The van der Waals surface area contributed by atoms with Crippen LogP contribution in [0.25, 0.3) is 0 Å². The van der Waals surface area contributed by atoms with Gasteiger partial charge in [0, 0.05) is 25.9 Å². The van der Waals surface area contributed by atoms with Gasteiger partial charge >= 0.3 is 5.97 Å². The first kappa shape index (κ1) is 25.8. The van der Waals surface area contributed by atoms with Crippen LogP contribution < -0.4 is 0 Å². The van der Waals surface area contributed by atoms with Gasteiger partial charge in [0.25, 0.3) is 5.91 Å². The van der Waals surface area contributed by atoms with Crippen LogP contribution in [0.2, 0.25) is 0 Å². The minimum absolute atomic E-state index is 0.0247. The van der Waals surface area contributed by atoms with Crippen LogP contribution in [0, 0.1) is 0 Å². The number of rotatable bonds is 10. The fraction of sp³-hybridized carbons (Fsp3) is 0.267. The van der Waals surface area contributed by atoms with Crippen molar-refractivity contribution in [1.29, 1.82) is 0 Å². The highest BCUT2D eigenvalue weighted by atomic mass is 16.5. The van der Waals surface area contributed by atoms with E-state index in [4.69, 9.17) is 4.74 Å². The Kier molecular flexibility index (Phi) is 8.81. The molecular weight excluding hydrogens is 466 g/mol. The van der Waals surface area contributed by atoms with Gasteiger partial charge in [-0.2, -0.15) is 5.10 Å². The van der Waals surface area contributed by atoms with Crippen molar-refractivity contribution in [1.82, 2.24) is 9.91 Å². The lowest BCUT2D eigenvalue weighted by molar-refractivity contribution is -0.160. The van der Waals surface area contributed by atoms with Crippen LogP contribution in [-0.2, 0) is 32.2 Å². The van der Waals surface area contributed by atoms with Crippen molar-refractivity contribution in [3.63, 3.8) is 0 Å². The van der Waals surface area contributed by atoms with Crippen LogP contribution in [0.5, 0.6) is 0 Å². The van der Waals surface area contributed by atoms with Crippen molar-refractivity contribution in [3.05, 3.63) is 108 Å². The van der Waals surface area contributed by atoms with Crippen molar-refractivity contribution < 1.29 is 19.1 Å². The van der Waals surface area contributed by atoms with E-state index in [1.54, 1.807) is 11.8 Å². The Labute approximate surface area is 217 Å². The van der Waals surface area contributed by atoms with Gasteiger partial charge in [0.2, 0.25) is 5.91 Å². The van der Waals surface area contributed by atoms with Crippen molar-refractivity contribution in [2.75, 3.05) is 6.54 Å². The standard InChI is InChI=1S/C30H31N3O4/c1-23(30(36)32(21-24-11-5-2-6-12-24)22-25-13-7-3-8-14-25)37-29(35)18-17-28(34)33-20-19-27(31-33)26-15-9-4-10-16-26/h2-16,23H,17-22H2,1H3. The molecule has 37 heavy (non-hydrogen) atoms.